The Balaban J connectivity index is 4.69. The molecule has 0 aromatic heterocycles. The number of carbonyl (C=O) groups is 2. The highest BCUT2D eigenvalue weighted by Crippen LogP contribution is 2.17. The number of nitrogens with one attached hydrogen (secondary N) is 1. The van der Waals surface area contributed by atoms with Gasteiger partial charge in [-0.05, 0) is 77.0 Å². The maximum Gasteiger partial charge on any atom is 0.306 e. The number of allylic oxidation sites excluding steroid dienone is 8. The fourth-order valence-corrected chi connectivity index (χ4v) is 7.54. The van der Waals surface area contributed by atoms with Crippen LogP contribution in [-0.2, 0) is 14.3 Å². The summed E-state index contributed by atoms with van der Waals surface area (Å²) >= 11 is 0. The molecular formula is C53H97NO5. The average Bonchev–Trinajstić information content (AvgIpc) is 3.23. The first-order valence-electron chi connectivity index (χ1n) is 25.4. The van der Waals surface area contributed by atoms with E-state index in [0.717, 1.165) is 83.5 Å². The van der Waals surface area contributed by atoms with E-state index in [1.165, 1.54) is 122 Å². The predicted octanol–water partition coefficient (Wildman–Crippen LogP) is 15.1. The van der Waals surface area contributed by atoms with Gasteiger partial charge in [-0.2, -0.15) is 0 Å². The van der Waals surface area contributed by atoms with Gasteiger partial charge < -0.3 is 20.3 Å². The van der Waals surface area contributed by atoms with Gasteiger partial charge in [0.1, 0.15) is 6.10 Å². The van der Waals surface area contributed by atoms with Crippen molar-refractivity contribution in [2.45, 2.75) is 270 Å². The second-order valence-corrected chi connectivity index (χ2v) is 17.3. The Morgan fingerprint density at radius 1 is 0.492 bits per heavy atom. The van der Waals surface area contributed by atoms with Gasteiger partial charge in [-0.1, -0.05) is 211 Å². The molecule has 6 heteroatoms. The van der Waals surface area contributed by atoms with E-state index < -0.39 is 18.2 Å². The van der Waals surface area contributed by atoms with Crippen molar-refractivity contribution in [3.8, 4) is 0 Å². The number of amides is 1. The van der Waals surface area contributed by atoms with Crippen molar-refractivity contribution in [2.75, 3.05) is 6.61 Å². The van der Waals surface area contributed by atoms with Crippen LogP contribution in [0.4, 0.5) is 0 Å². The van der Waals surface area contributed by atoms with Crippen molar-refractivity contribution in [3.63, 3.8) is 0 Å². The molecule has 0 aliphatic carbocycles. The highest BCUT2D eigenvalue weighted by Gasteiger charge is 2.24. The molecule has 0 rings (SSSR count). The number of esters is 1. The SMILES string of the molecule is CCCCCCC/C=C/C=C/C=C/CCCCCC(CC(=O)NC(CO)C(O)CCCCCCCCCCCCC)OC(=O)CCCCC/C=C\CCCCCCCC. The third-order valence-corrected chi connectivity index (χ3v) is 11.4. The van der Waals surface area contributed by atoms with Crippen molar-refractivity contribution < 1.29 is 24.5 Å². The summed E-state index contributed by atoms with van der Waals surface area (Å²) in [5.41, 5.74) is 0. The number of hydrogen-bond donors (Lipinski definition) is 3. The molecule has 0 saturated heterocycles. The van der Waals surface area contributed by atoms with Gasteiger partial charge in [0.05, 0.1) is 25.2 Å². The van der Waals surface area contributed by atoms with E-state index in [1.807, 2.05) is 0 Å². The molecule has 0 heterocycles. The number of unbranched alkanes of at least 4 members (excludes halogenated alkanes) is 27. The Morgan fingerprint density at radius 3 is 1.36 bits per heavy atom. The summed E-state index contributed by atoms with van der Waals surface area (Å²) in [6.07, 6.45) is 55.9. The van der Waals surface area contributed by atoms with Gasteiger partial charge in [-0.15, -0.1) is 0 Å². The maximum atomic E-state index is 13.2. The minimum Gasteiger partial charge on any atom is -0.462 e. The van der Waals surface area contributed by atoms with Crippen LogP contribution >= 0.6 is 0 Å². The summed E-state index contributed by atoms with van der Waals surface area (Å²) in [5, 5.41) is 23.7. The second kappa shape index (κ2) is 46.9. The maximum absolute atomic E-state index is 13.2. The molecule has 1 amide bonds. The summed E-state index contributed by atoms with van der Waals surface area (Å²) in [4.78, 5) is 26.1. The molecule has 3 atom stereocenters. The molecular weight excluding hydrogens is 731 g/mol. The van der Waals surface area contributed by atoms with E-state index in [2.05, 4.69) is 74.7 Å². The van der Waals surface area contributed by atoms with Crippen LogP contribution in [0.5, 0.6) is 0 Å². The summed E-state index contributed by atoms with van der Waals surface area (Å²) in [6.45, 7) is 6.44. The number of ether oxygens (including phenoxy) is 1. The van der Waals surface area contributed by atoms with Crippen LogP contribution in [0.25, 0.3) is 0 Å². The molecule has 0 aromatic rings. The molecule has 0 spiro atoms. The number of aliphatic hydroxyl groups excluding tert-OH is 2. The zero-order valence-corrected chi connectivity index (χ0v) is 39.1. The molecule has 0 aromatic carbocycles. The number of rotatable bonds is 45. The molecule has 0 saturated carbocycles. The molecule has 0 bridgehead atoms. The van der Waals surface area contributed by atoms with Crippen molar-refractivity contribution in [2.24, 2.45) is 0 Å². The van der Waals surface area contributed by atoms with Crippen LogP contribution in [0, 0.1) is 0 Å². The Morgan fingerprint density at radius 2 is 0.881 bits per heavy atom. The molecule has 59 heavy (non-hydrogen) atoms. The van der Waals surface area contributed by atoms with E-state index in [0.29, 0.717) is 19.3 Å². The third-order valence-electron chi connectivity index (χ3n) is 11.4. The zero-order valence-electron chi connectivity index (χ0n) is 39.1. The van der Waals surface area contributed by atoms with Crippen LogP contribution in [0.3, 0.4) is 0 Å². The molecule has 0 radical (unpaired) electrons. The fourth-order valence-electron chi connectivity index (χ4n) is 7.54. The lowest BCUT2D eigenvalue weighted by Gasteiger charge is -2.24. The Labute approximate surface area is 366 Å². The topological polar surface area (TPSA) is 95.9 Å². The summed E-state index contributed by atoms with van der Waals surface area (Å²) in [5.74, 6) is -0.523. The Kier molecular flexibility index (Phi) is 45.1. The minimum absolute atomic E-state index is 0.0494. The summed E-state index contributed by atoms with van der Waals surface area (Å²) < 4.78 is 5.90. The van der Waals surface area contributed by atoms with E-state index in [9.17, 15) is 19.8 Å². The Bertz CT molecular complexity index is 1020. The monoisotopic (exact) mass is 828 g/mol. The van der Waals surface area contributed by atoms with Gasteiger partial charge in [-0.3, -0.25) is 9.59 Å². The van der Waals surface area contributed by atoms with Crippen LogP contribution < -0.4 is 5.32 Å². The lowest BCUT2D eigenvalue weighted by atomic mass is 10.0. The largest absolute Gasteiger partial charge is 0.462 e. The fraction of sp³-hybridized carbons (Fsp3) is 0.811. The molecule has 3 N–H and O–H groups in total. The molecule has 0 aliphatic rings. The van der Waals surface area contributed by atoms with E-state index in [1.54, 1.807) is 0 Å². The smallest absolute Gasteiger partial charge is 0.306 e. The lowest BCUT2D eigenvalue weighted by Crippen LogP contribution is -2.46. The van der Waals surface area contributed by atoms with Gasteiger partial charge in [-0.25, -0.2) is 0 Å². The van der Waals surface area contributed by atoms with Gasteiger partial charge in [0.2, 0.25) is 5.91 Å². The quantitative estimate of drug-likeness (QED) is 0.0246. The first kappa shape index (κ1) is 56.8. The highest BCUT2D eigenvalue weighted by molar-refractivity contribution is 5.77. The first-order valence-corrected chi connectivity index (χ1v) is 25.4. The van der Waals surface area contributed by atoms with Crippen LogP contribution in [0.1, 0.15) is 252 Å². The molecule has 0 fully saturated rings. The Hall–Kier alpha value is -2.18. The predicted molar refractivity (Wildman–Crippen MR) is 255 cm³/mol. The van der Waals surface area contributed by atoms with E-state index >= 15 is 0 Å². The molecule has 344 valence electrons. The van der Waals surface area contributed by atoms with Crippen LogP contribution in [-0.4, -0.2) is 46.9 Å². The van der Waals surface area contributed by atoms with Gasteiger partial charge in [0.25, 0.3) is 0 Å². The number of hydrogen-bond acceptors (Lipinski definition) is 5. The van der Waals surface area contributed by atoms with Gasteiger partial charge in [0, 0.05) is 6.42 Å². The second-order valence-electron chi connectivity index (χ2n) is 17.3. The van der Waals surface area contributed by atoms with Crippen molar-refractivity contribution in [3.05, 3.63) is 48.6 Å². The van der Waals surface area contributed by atoms with Crippen LogP contribution in [0.2, 0.25) is 0 Å². The minimum atomic E-state index is -0.798. The lowest BCUT2D eigenvalue weighted by molar-refractivity contribution is -0.151. The van der Waals surface area contributed by atoms with E-state index in [4.69, 9.17) is 4.74 Å². The molecule has 0 aliphatic heterocycles. The third kappa shape index (κ3) is 42.3. The summed E-state index contributed by atoms with van der Waals surface area (Å²) in [6, 6.07) is -0.714. The molecule has 3 unspecified atom stereocenters. The average molecular weight is 828 g/mol. The number of carbonyl (C=O) groups excluding carboxylic acids is 2. The normalized spacial score (nSPS) is 13.6. The summed E-state index contributed by atoms with van der Waals surface area (Å²) in [7, 11) is 0. The van der Waals surface area contributed by atoms with Crippen LogP contribution in [0.15, 0.2) is 48.6 Å². The standard InChI is InChI=1S/C53H97NO5/c1-4-7-10-13-16-19-22-24-25-26-28-30-32-35-38-41-44-49(59-53(58)46-43-40-37-34-31-27-23-20-17-14-11-8-5-2)47-52(57)54-50(48-55)51(56)45-42-39-36-33-29-21-18-15-12-9-6-3/h22,24-28,30-31,49-51,55-56H,4-21,23,29,32-48H2,1-3H3,(H,54,57)/b24-22+,26-25+,30-28+,31-27-. The van der Waals surface area contributed by atoms with Crippen molar-refractivity contribution in [1.29, 1.82) is 0 Å². The molecule has 6 nitrogen and oxygen atoms in total. The van der Waals surface area contributed by atoms with Crippen molar-refractivity contribution in [1.82, 2.24) is 5.32 Å². The van der Waals surface area contributed by atoms with Gasteiger partial charge >= 0.3 is 5.97 Å². The number of aliphatic hydroxyl groups is 2. The van der Waals surface area contributed by atoms with Crippen molar-refractivity contribution >= 4 is 11.9 Å². The van der Waals surface area contributed by atoms with E-state index in [-0.39, 0.29) is 24.9 Å². The highest BCUT2D eigenvalue weighted by atomic mass is 16.5. The van der Waals surface area contributed by atoms with Gasteiger partial charge in [0.15, 0.2) is 0 Å². The first-order chi connectivity index (χ1) is 29.0. The zero-order chi connectivity index (χ0) is 43.1.